The summed E-state index contributed by atoms with van der Waals surface area (Å²) in [5, 5.41) is 0. The minimum Gasteiger partial charge on any atom is -0.245 e. The fourth-order valence-corrected chi connectivity index (χ4v) is 2.90. The Bertz CT molecular complexity index is 744. The summed E-state index contributed by atoms with van der Waals surface area (Å²) < 4.78 is 1.58. The van der Waals surface area contributed by atoms with Gasteiger partial charge in [0, 0.05) is 18.0 Å². The van der Waals surface area contributed by atoms with Gasteiger partial charge in [-0.15, -0.1) is 0 Å². The van der Waals surface area contributed by atoms with E-state index in [1.807, 2.05) is 51.1 Å². The third kappa shape index (κ3) is 2.02. The van der Waals surface area contributed by atoms with Crippen LogP contribution in [0.15, 0.2) is 59.7 Å². The lowest BCUT2D eigenvalue weighted by Crippen LogP contribution is -2.55. The normalized spacial score (nSPS) is 20.9. The van der Waals surface area contributed by atoms with Crippen LogP contribution < -0.4 is 0 Å². The standard InChI is InChI=1S/C17H19N4O/c1-13(2)21(17(22)20-10-9-18-11-20)12-19-14(3)16(21)15-7-5-4-6-8-15/h4-13H,1-3H3/q+1. The van der Waals surface area contributed by atoms with Gasteiger partial charge in [0.25, 0.3) is 0 Å². The number of nitrogens with zero attached hydrogens (tertiary/aromatic N) is 4. The Morgan fingerprint density at radius 1 is 1.23 bits per heavy atom. The van der Waals surface area contributed by atoms with Crippen molar-refractivity contribution < 1.29 is 9.28 Å². The molecule has 1 aliphatic rings. The molecule has 1 aromatic carbocycles. The Hall–Kier alpha value is -2.53. The molecule has 0 bridgehead atoms. The van der Waals surface area contributed by atoms with Crippen LogP contribution in [0.4, 0.5) is 4.79 Å². The van der Waals surface area contributed by atoms with Crippen molar-refractivity contribution in [3.05, 3.63) is 60.3 Å². The van der Waals surface area contributed by atoms with E-state index < -0.39 is 0 Å². The van der Waals surface area contributed by atoms with E-state index in [9.17, 15) is 4.79 Å². The third-order valence-corrected chi connectivity index (χ3v) is 4.05. The van der Waals surface area contributed by atoms with Gasteiger partial charge in [0.05, 0.1) is 0 Å². The topological polar surface area (TPSA) is 47.2 Å². The molecule has 2 heterocycles. The summed E-state index contributed by atoms with van der Waals surface area (Å²) >= 11 is 0. The SMILES string of the molecule is CC1=C(c2ccccc2)[N+](C(=O)n2ccnc2)(C(C)C)C=N1. The molecule has 1 aliphatic heterocycles. The van der Waals surface area contributed by atoms with Crippen molar-refractivity contribution in [3.8, 4) is 0 Å². The van der Waals surface area contributed by atoms with Gasteiger partial charge >= 0.3 is 6.03 Å². The van der Waals surface area contributed by atoms with Crippen molar-refractivity contribution in [2.75, 3.05) is 0 Å². The van der Waals surface area contributed by atoms with Crippen LogP contribution in [0.1, 0.15) is 26.3 Å². The highest BCUT2D eigenvalue weighted by Crippen LogP contribution is 2.37. The van der Waals surface area contributed by atoms with Crippen LogP contribution in [0.5, 0.6) is 0 Å². The molecule has 1 amide bonds. The Labute approximate surface area is 129 Å². The molecule has 0 saturated heterocycles. The van der Waals surface area contributed by atoms with E-state index >= 15 is 0 Å². The Balaban J connectivity index is 2.19. The lowest BCUT2D eigenvalue weighted by Gasteiger charge is -2.33. The third-order valence-electron chi connectivity index (χ3n) is 4.05. The average molecular weight is 295 g/mol. The molecule has 1 atom stereocenters. The summed E-state index contributed by atoms with van der Waals surface area (Å²) in [6, 6.07) is 9.90. The molecule has 3 rings (SSSR count). The average Bonchev–Trinajstić information content (AvgIpc) is 3.15. The second-order valence-corrected chi connectivity index (χ2v) is 5.67. The van der Waals surface area contributed by atoms with Gasteiger partial charge in [0.2, 0.25) is 6.34 Å². The molecule has 22 heavy (non-hydrogen) atoms. The van der Waals surface area contributed by atoms with Crippen LogP contribution in [0.3, 0.4) is 0 Å². The van der Waals surface area contributed by atoms with Gasteiger partial charge < -0.3 is 0 Å². The molecule has 0 spiro atoms. The Morgan fingerprint density at radius 3 is 2.55 bits per heavy atom. The smallest absolute Gasteiger partial charge is 0.245 e. The predicted molar refractivity (Wildman–Crippen MR) is 85.9 cm³/mol. The summed E-state index contributed by atoms with van der Waals surface area (Å²) in [5.74, 6) is 0. The summed E-state index contributed by atoms with van der Waals surface area (Å²) in [4.78, 5) is 21.6. The monoisotopic (exact) mass is 295 g/mol. The van der Waals surface area contributed by atoms with Crippen molar-refractivity contribution in [2.24, 2.45) is 4.99 Å². The van der Waals surface area contributed by atoms with E-state index in [4.69, 9.17) is 0 Å². The molecule has 2 aromatic rings. The Kier molecular flexibility index (Phi) is 3.50. The maximum absolute atomic E-state index is 13.2. The van der Waals surface area contributed by atoms with Crippen LogP contribution in [0, 0.1) is 0 Å². The van der Waals surface area contributed by atoms with Gasteiger partial charge in [-0.2, -0.15) is 4.48 Å². The molecule has 0 fully saturated rings. The molecule has 1 unspecified atom stereocenters. The zero-order valence-corrected chi connectivity index (χ0v) is 13.0. The fourth-order valence-electron chi connectivity index (χ4n) is 2.90. The molecule has 0 radical (unpaired) electrons. The number of hydrogen-bond acceptors (Lipinski definition) is 3. The second kappa shape index (κ2) is 5.35. The summed E-state index contributed by atoms with van der Waals surface area (Å²) in [6.07, 6.45) is 6.56. The highest BCUT2D eigenvalue weighted by atomic mass is 16.2. The highest BCUT2D eigenvalue weighted by Gasteiger charge is 2.49. The van der Waals surface area contributed by atoms with Crippen LogP contribution in [0.25, 0.3) is 5.70 Å². The first-order valence-corrected chi connectivity index (χ1v) is 7.30. The maximum atomic E-state index is 13.2. The first-order valence-electron chi connectivity index (χ1n) is 7.30. The number of amides is 1. The van der Waals surface area contributed by atoms with Crippen molar-refractivity contribution in [3.63, 3.8) is 0 Å². The molecule has 112 valence electrons. The number of rotatable bonds is 2. The fraction of sp³-hybridized carbons (Fsp3) is 0.235. The van der Waals surface area contributed by atoms with Crippen LogP contribution in [-0.4, -0.2) is 32.4 Å². The molecule has 5 nitrogen and oxygen atoms in total. The first-order chi connectivity index (χ1) is 10.6. The summed E-state index contributed by atoms with van der Waals surface area (Å²) in [7, 11) is 0. The molecule has 5 heteroatoms. The summed E-state index contributed by atoms with van der Waals surface area (Å²) in [6.45, 7) is 6.01. The minimum absolute atomic E-state index is 0.0197. The number of carbonyl (C=O) groups excluding carboxylic acids is 1. The zero-order chi connectivity index (χ0) is 15.7. The Morgan fingerprint density at radius 2 is 1.95 bits per heavy atom. The van der Waals surface area contributed by atoms with E-state index in [2.05, 4.69) is 9.98 Å². The molecule has 1 aromatic heterocycles. The van der Waals surface area contributed by atoms with Gasteiger partial charge in [-0.25, -0.2) is 19.3 Å². The van der Waals surface area contributed by atoms with Gasteiger partial charge in [-0.1, -0.05) is 18.2 Å². The summed E-state index contributed by atoms with van der Waals surface area (Å²) in [5.41, 5.74) is 2.81. The quantitative estimate of drug-likeness (QED) is 0.796. The molecular weight excluding hydrogens is 276 g/mol. The number of imidazole rings is 1. The van der Waals surface area contributed by atoms with Gasteiger partial charge in [0.15, 0.2) is 5.70 Å². The molecular formula is C17H19N4O+. The molecule has 0 aliphatic carbocycles. The van der Waals surface area contributed by atoms with E-state index in [0.717, 1.165) is 17.0 Å². The number of quaternary nitrogens is 1. The molecule has 0 N–H and O–H groups in total. The lowest BCUT2D eigenvalue weighted by atomic mass is 10.1. The van der Waals surface area contributed by atoms with Gasteiger partial charge in [0.1, 0.15) is 18.1 Å². The number of aliphatic imine (C=N–C) groups is 1. The van der Waals surface area contributed by atoms with E-state index in [0.29, 0.717) is 0 Å². The van der Waals surface area contributed by atoms with E-state index in [1.54, 1.807) is 18.7 Å². The maximum Gasteiger partial charge on any atom is 0.439 e. The van der Waals surface area contributed by atoms with Crippen molar-refractivity contribution in [1.82, 2.24) is 9.55 Å². The van der Waals surface area contributed by atoms with Gasteiger partial charge in [-0.05, 0) is 32.9 Å². The first kappa shape index (κ1) is 14.4. The predicted octanol–water partition coefficient (Wildman–Crippen LogP) is 3.51. The van der Waals surface area contributed by atoms with Crippen LogP contribution >= 0.6 is 0 Å². The number of hydrogen-bond donors (Lipinski definition) is 0. The number of carbonyl (C=O) groups is 1. The van der Waals surface area contributed by atoms with Crippen molar-refractivity contribution >= 4 is 18.1 Å². The van der Waals surface area contributed by atoms with E-state index in [1.165, 1.54) is 10.9 Å². The van der Waals surface area contributed by atoms with Crippen LogP contribution in [0.2, 0.25) is 0 Å². The highest BCUT2D eigenvalue weighted by molar-refractivity contribution is 5.90. The number of benzene rings is 1. The number of allylic oxidation sites excluding steroid dienone is 1. The van der Waals surface area contributed by atoms with E-state index in [-0.39, 0.29) is 16.6 Å². The van der Waals surface area contributed by atoms with Crippen LogP contribution in [-0.2, 0) is 0 Å². The zero-order valence-electron chi connectivity index (χ0n) is 13.0. The minimum atomic E-state index is -0.0769. The van der Waals surface area contributed by atoms with Gasteiger partial charge in [-0.3, -0.25) is 0 Å². The number of aromatic nitrogens is 2. The van der Waals surface area contributed by atoms with Crippen molar-refractivity contribution in [1.29, 1.82) is 0 Å². The van der Waals surface area contributed by atoms with Crippen molar-refractivity contribution in [2.45, 2.75) is 26.8 Å². The second-order valence-electron chi connectivity index (χ2n) is 5.67. The molecule has 0 saturated carbocycles. The largest absolute Gasteiger partial charge is 0.439 e. The lowest BCUT2D eigenvalue weighted by molar-refractivity contribution is -0.696.